The number of fused-ring (bicyclic) bond motifs is 2. The summed E-state index contributed by atoms with van der Waals surface area (Å²) in [7, 11) is 1.61. The second-order valence-corrected chi connectivity index (χ2v) is 8.79. The monoisotopic (exact) mass is 488 g/mol. The second-order valence-electron chi connectivity index (χ2n) is 8.79. The molecule has 0 saturated heterocycles. The number of hydrogen-bond donors (Lipinski definition) is 0. The third-order valence-corrected chi connectivity index (χ3v) is 6.51. The van der Waals surface area contributed by atoms with Gasteiger partial charge in [0.25, 0.3) is 5.56 Å². The molecule has 0 unspecified atom stereocenters. The van der Waals surface area contributed by atoms with Crippen LogP contribution in [0, 0.1) is 13.8 Å². The number of aryl methyl sites for hydroxylation is 1. The molecule has 0 aliphatic rings. The highest BCUT2D eigenvalue weighted by Crippen LogP contribution is 2.33. The van der Waals surface area contributed by atoms with Crippen LogP contribution >= 0.6 is 0 Å². The summed E-state index contributed by atoms with van der Waals surface area (Å²) in [4.78, 5) is 18.4. The van der Waals surface area contributed by atoms with Gasteiger partial charge in [-0.1, -0.05) is 36.4 Å². The van der Waals surface area contributed by atoms with E-state index < -0.39 is 0 Å². The number of ether oxygens (including phenoxy) is 1. The molecule has 6 aromatic rings. The van der Waals surface area contributed by atoms with Crippen molar-refractivity contribution in [2.24, 2.45) is 5.10 Å². The summed E-state index contributed by atoms with van der Waals surface area (Å²) in [6.07, 6.45) is 1.70. The van der Waals surface area contributed by atoms with E-state index in [4.69, 9.17) is 14.1 Å². The standard InChI is InChI=1S/C30H24N4O3/c1-19-16-21(20(2)33(19)22-10-5-4-6-11-22)18-31-34-29(32-25-13-8-7-12-23(25)30(34)35)28-17-24-26(36-3)14-9-15-27(24)37-28/h4-18H,1-3H3. The van der Waals surface area contributed by atoms with E-state index in [1.54, 1.807) is 19.4 Å². The number of hydrogen-bond acceptors (Lipinski definition) is 5. The van der Waals surface area contributed by atoms with E-state index in [9.17, 15) is 4.79 Å². The Morgan fingerprint density at radius 2 is 1.70 bits per heavy atom. The molecule has 3 aromatic heterocycles. The van der Waals surface area contributed by atoms with Gasteiger partial charge >= 0.3 is 0 Å². The maximum Gasteiger partial charge on any atom is 0.282 e. The first-order chi connectivity index (χ1) is 18.0. The zero-order valence-electron chi connectivity index (χ0n) is 20.7. The van der Waals surface area contributed by atoms with Gasteiger partial charge in [0.15, 0.2) is 5.76 Å². The Balaban J connectivity index is 1.53. The highest BCUT2D eigenvalue weighted by atomic mass is 16.5. The van der Waals surface area contributed by atoms with Gasteiger partial charge in [-0.05, 0) is 62.4 Å². The molecule has 0 atom stereocenters. The third-order valence-electron chi connectivity index (χ3n) is 6.51. The largest absolute Gasteiger partial charge is 0.496 e. The van der Waals surface area contributed by atoms with Crippen molar-refractivity contribution in [2.75, 3.05) is 7.11 Å². The van der Waals surface area contributed by atoms with Gasteiger partial charge < -0.3 is 13.7 Å². The molecule has 182 valence electrons. The van der Waals surface area contributed by atoms with Crippen LogP contribution in [0.5, 0.6) is 5.75 Å². The quantitative estimate of drug-likeness (QED) is 0.275. The summed E-state index contributed by atoms with van der Waals surface area (Å²) >= 11 is 0. The number of para-hydroxylation sites is 2. The number of rotatable bonds is 5. The number of benzene rings is 3. The first kappa shape index (κ1) is 22.5. The van der Waals surface area contributed by atoms with E-state index in [1.807, 2.05) is 74.5 Å². The predicted molar refractivity (Wildman–Crippen MR) is 146 cm³/mol. The average Bonchev–Trinajstić information content (AvgIpc) is 3.48. The van der Waals surface area contributed by atoms with E-state index in [0.717, 1.165) is 28.0 Å². The maximum atomic E-state index is 13.6. The molecule has 0 radical (unpaired) electrons. The van der Waals surface area contributed by atoms with Gasteiger partial charge in [-0.15, -0.1) is 0 Å². The fourth-order valence-electron chi connectivity index (χ4n) is 4.73. The minimum absolute atomic E-state index is 0.277. The summed E-state index contributed by atoms with van der Waals surface area (Å²) in [6.45, 7) is 4.09. The number of aromatic nitrogens is 3. The van der Waals surface area contributed by atoms with Gasteiger partial charge in [0, 0.05) is 22.6 Å². The summed E-state index contributed by atoms with van der Waals surface area (Å²) in [5.41, 5.74) is 4.99. The first-order valence-electron chi connectivity index (χ1n) is 11.9. The van der Waals surface area contributed by atoms with Crippen molar-refractivity contribution in [1.29, 1.82) is 0 Å². The lowest BCUT2D eigenvalue weighted by atomic mass is 10.2. The fraction of sp³-hybridized carbons (Fsp3) is 0.100. The fourth-order valence-corrected chi connectivity index (χ4v) is 4.73. The van der Waals surface area contributed by atoms with E-state index in [2.05, 4.69) is 27.9 Å². The molecule has 0 saturated carbocycles. The van der Waals surface area contributed by atoms with Crippen LogP contribution in [0.25, 0.3) is 39.1 Å². The van der Waals surface area contributed by atoms with Crippen LogP contribution in [0.1, 0.15) is 17.0 Å². The highest BCUT2D eigenvalue weighted by Gasteiger charge is 2.18. The first-order valence-corrected chi connectivity index (χ1v) is 11.9. The third kappa shape index (κ3) is 3.81. The van der Waals surface area contributed by atoms with Crippen molar-refractivity contribution in [2.45, 2.75) is 13.8 Å². The minimum Gasteiger partial charge on any atom is -0.496 e. The zero-order valence-corrected chi connectivity index (χ0v) is 20.7. The van der Waals surface area contributed by atoms with Crippen molar-refractivity contribution in [1.82, 2.24) is 14.2 Å². The molecular formula is C30H24N4O3. The number of nitrogens with zero attached hydrogens (tertiary/aromatic N) is 4. The molecule has 0 fully saturated rings. The Labute approximate surface area is 212 Å². The Morgan fingerprint density at radius 1 is 0.919 bits per heavy atom. The smallest absolute Gasteiger partial charge is 0.282 e. The van der Waals surface area contributed by atoms with Crippen LogP contribution in [0.4, 0.5) is 0 Å². The van der Waals surface area contributed by atoms with Crippen molar-refractivity contribution in [3.05, 3.63) is 112 Å². The van der Waals surface area contributed by atoms with Gasteiger partial charge in [-0.3, -0.25) is 4.79 Å². The minimum atomic E-state index is -0.277. The molecule has 0 N–H and O–H groups in total. The Morgan fingerprint density at radius 3 is 2.51 bits per heavy atom. The van der Waals surface area contributed by atoms with Crippen molar-refractivity contribution in [3.8, 4) is 23.0 Å². The van der Waals surface area contributed by atoms with Crippen LogP contribution < -0.4 is 10.3 Å². The Hall–Kier alpha value is -4.91. The molecule has 0 amide bonds. The maximum absolute atomic E-state index is 13.6. The lowest BCUT2D eigenvalue weighted by molar-refractivity contribution is 0.419. The molecular weight excluding hydrogens is 464 g/mol. The van der Waals surface area contributed by atoms with Crippen LogP contribution in [0.2, 0.25) is 0 Å². The lowest BCUT2D eigenvalue weighted by Crippen LogP contribution is -2.20. The molecule has 3 aromatic carbocycles. The van der Waals surface area contributed by atoms with Crippen LogP contribution in [-0.4, -0.2) is 27.6 Å². The average molecular weight is 489 g/mol. The summed E-state index contributed by atoms with van der Waals surface area (Å²) in [5.74, 6) is 1.42. The van der Waals surface area contributed by atoms with E-state index in [1.165, 1.54) is 4.68 Å². The Bertz CT molecular complexity index is 1860. The van der Waals surface area contributed by atoms with E-state index >= 15 is 0 Å². The second kappa shape index (κ2) is 8.95. The predicted octanol–water partition coefficient (Wildman–Crippen LogP) is 6.11. The molecule has 7 heteroatoms. The lowest BCUT2D eigenvalue weighted by Gasteiger charge is -2.09. The van der Waals surface area contributed by atoms with Crippen molar-refractivity contribution >= 4 is 28.1 Å². The summed E-state index contributed by atoms with van der Waals surface area (Å²) in [6, 6.07) is 26.8. The highest BCUT2D eigenvalue weighted by molar-refractivity contribution is 5.89. The van der Waals surface area contributed by atoms with Gasteiger partial charge in [0.1, 0.15) is 11.3 Å². The molecule has 0 bridgehead atoms. The Kier molecular flexibility index (Phi) is 5.45. The van der Waals surface area contributed by atoms with Gasteiger partial charge in [-0.2, -0.15) is 9.78 Å². The molecule has 6 rings (SSSR count). The van der Waals surface area contributed by atoms with E-state index in [0.29, 0.717) is 33.8 Å². The van der Waals surface area contributed by atoms with Gasteiger partial charge in [0.2, 0.25) is 5.82 Å². The van der Waals surface area contributed by atoms with E-state index in [-0.39, 0.29) is 5.56 Å². The van der Waals surface area contributed by atoms with Crippen molar-refractivity contribution in [3.63, 3.8) is 0 Å². The van der Waals surface area contributed by atoms with Gasteiger partial charge in [-0.25, -0.2) is 4.98 Å². The molecule has 0 aliphatic heterocycles. The topological polar surface area (TPSA) is 74.6 Å². The zero-order chi connectivity index (χ0) is 25.5. The molecule has 37 heavy (non-hydrogen) atoms. The van der Waals surface area contributed by atoms with Gasteiger partial charge in [0.05, 0.1) is 29.6 Å². The molecule has 0 spiro atoms. The molecule has 7 nitrogen and oxygen atoms in total. The van der Waals surface area contributed by atoms with Crippen molar-refractivity contribution < 1.29 is 9.15 Å². The van der Waals surface area contributed by atoms with Crippen LogP contribution in [0.3, 0.4) is 0 Å². The van der Waals surface area contributed by atoms with Crippen LogP contribution in [0.15, 0.2) is 99.2 Å². The number of methoxy groups -OCH3 is 1. The molecule has 0 aliphatic carbocycles. The summed E-state index contributed by atoms with van der Waals surface area (Å²) < 4.78 is 15.1. The molecule has 3 heterocycles. The normalized spacial score (nSPS) is 11.6. The number of furan rings is 1. The SMILES string of the molecule is COc1cccc2oc(-c3nc4ccccc4c(=O)n3N=Cc3cc(C)n(-c4ccccc4)c3C)cc12. The van der Waals surface area contributed by atoms with Crippen LogP contribution in [-0.2, 0) is 0 Å². The summed E-state index contributed by atoms with van der Waals surface area (Å²) in [5, 5.41) is 5.91.